The van der Waals surface area contributed by atoms with Gasteiger partial charge in [0.2, 0.25) is 0 Å². The van der Waals surface area contributed by atoms with Crippen LogP contribution in [0.1, 0.15) is 19.2 Å². The maximum absolute atomic E-state index is 11.3. The molecule has 0 aliphatic heterocycles. The highest BCUT2D eigenvalue weighted by Crippen LogP contribution is 2.11. The zero-order valence-electron chi connectivity index (χ0n) is 10.9. The van der Waals surface area contributed by atoms with E-state index in [1.54, 1.807) is 37.1 Å². The normalized spacial score (nSPS) is 10.4. The van der Waals surface area contributed by atoms with E-state index in [0.29, 0.717) is 30.5 Å². The molecule has 0 saturated carbocycles. The molecule has 0 amide bonds. The second-order valence-electron chi connectivity index (χ2n) is 3.85. The van der Waals surface area contributed by atoms with Crippen molar-refractivity contribution < 1.29 is 9.53 Å². The predicted molar refractivity (Wildman–Crippen MR) is 67.0 cm³/mol. The van der Waals surface area contributed by atoms with Gasteiger partial charge in [0.05, 0.1) is 13.0 Å². The zero-order valence-corrected chi connectivity index (χ0v) is 10.9. The second kappa shape index (κ2) is 6.03. The van der Waals surface area contributed by atoms with Gasteiger partial charge in [-0.3, -0.25) is 4.79 Å². The lowest BCUT2D eigenvalue weighted by molar-refractivity contribution is -0.143. The van der Waals surface area contributed by atoms with E-state index in [2.05, 4.69) is 20.1 Å². The number of hydrogen-bond donors (Lipinski definition) is 0. The molecular weight excluding hydrogens is 246 g/mol. The van der Waals surface area contributed by atoms with E-state index in [1.807, 2.05) is 0 Å². The summed E-state index contributed by atoms with van der Waals surface area (Å²) in [7, 11) is 1.77. The molecule has 7 nitrogen and oxygen atoms in total. The Hall–Kier alpha value is -2.31. The molecule has 0 saturated heterocycles. The third-order valence-electron chi connectivity index (χ3n) is 2.43. The molecule has 0 aliphatic carbocycles. The summed E-state index contributed by atoms with van der Waals surface area (Å²) < 4.78 is 6.47. The molecule has 0 spiro atoms. The minimum absolute atomic E-state index is 0.243. The van der Waals surface area contributed by atoms with Gasteiger partial charge in [-0.15, -0.1) is 0 Å². The molecular formula is C12H15N5O2. The maximum atomic E-state index is 11.3. The van der Waals surface area contributed by atoms with Crippen LogP contribution in [0.5, 0.6) is 0 Å². The Morgan fingerprint density at radius 3 is 2.79 bits per heavy atom. The van der Waals surface area contributed by atoms with Crippen LogP contribution in [0.3, 0.4) is 0 Å². The van der Waals surface area contributed by atoms with E-state index < -0.39 is 0 Å². The summed E-state index contributed by atoms with van der Waals surface area (Å²) in [5.41, 5.74) is 0. The molecule has 0 atom stereocenters. The predicted octanol–water partition coefficient (Wildman–Crippen LogP) is 0.768. The number of carbonyl (C=O) groups excluding carboxylic acids is 1. The summed E-state index contributed by atoms with van der Waals surface area (Å²) in [5.74, 6) is 1.44. The van der Waals surface area contributed by atoms with Crippen LogP contribution >= 0.6 is 0 Å². The number of ether oxygens (including phenoxy) is 1. The Balaban J connectivity index is 2.07. The number of aryl methyl sites for hydroxylation is 2. The minimum Gasteiger partial charge on any atom is -0.466 e. The van der Waals surface area contributed by atoms with E-state index in [1.165, 1.54) is 0 Å². The van der Waals surface area contributed by atoms with E-state index in [0.717, 1.165) is 0 Å². The van der Waals surface area contributed by atoms with Crippen LogP contribution in [0.4, 0.5) is 0 Å². The van der Waals surface area contributed by atoms with Gasteiger partial charge in [-0.2, -0.15) is 5.10 Å². The van der Waals surface area contributed by atoms with Gasteiger partial charge in [0.15, 0.2) is 17.5 Å². The molecule has 0 aliphatic rings. The topological polar surface area (TPSA) is 82.8 Å². The molecule has 0 bridgehead atoms. The summed E-state index contributed by atoms with van der Waals surface area (Å²) >= 11 is 0. The molecule has 2 aromatic rings. The Kier molecular flexibility index (Phi) is 4.17. The van der Waals surface area contributed by atoms with Crippen molar-refractivity contribution in [3.05, 3.63) is 24.3 Å². The number of esters is 1. The smallest absolute Gasteiger partial charge is 0.306 e. The minimum atomic E-state index is -0.243. The highest BCUT2D eigenvalue weighted by Gasteiger charge is 2.12. The summed E-state index contributed by atoms with van der Waals surface area (Å²) in [5, 5.41) is 4.24. The van der Waals surface area contributed by atoms with Crippen molar-refractivity contribution in [1.29, 1.82) is 0 Å². The number of hydrogen-bond acceptors (Lipinski definition) is 6. The van der Waals surface area contributed by atoms with E-state index in [4.69, 9.17) is 4.74 Å². The first-order valence-corrected chi connectivity index (χ1v) is 6.03. The molecule has 0 fully saturated rings. The summed E-state index contributed by atoms with van der Waals surface area (Å²) in [6, 6.07) is 1.74. The fraction of sp³-hybridized carbons (Fsp3) is 0.417. The van der Waals surface area contributed by atoms with Crippen LogP contribution in [0.2, 0.25) is 0 Å². The van der Waals surface area contributed by atoms with Gasteiger partial charge in [-0.25, -0.2) is 19.6 Å². The van der Waals surface area contributed by atoms with Crippen molar-refractivity contribution in [3.63, 3.8) is 0 Å². The van der Waals surface area contributed by atoms with Crippen LogP contribution in [0.25, 0.3) is 11.6 Å². The zero-order chi connectivity index (χ0) is 13.7. The van der Waals surface area contributed by atoms with Gasteiger partial charge in [0, 0.05) is 25.9 Å². The first-order chi connectivity index (χ1) is 9.20. The fourth-order valence-electron chi connectivity index (χ4n) is 1.60. The van der Waals surface area contributed by atoms with Crippen LogP contribution in [-0.4, -0.2) is 37.3 Å². The van der Waals surface area contributed by atoms with E-state index in [-0.39, 0.29) is 12.4 Å². The third-order valence-corrected chi connectivity index (χ3v) is 2.43. The molecule has 2 aromatic heterocycles. The van der Waals surface area contributed by atoms with Gasteiger partial charge in [-0.05, 0) is 13.0 Å². The lowest BCUT2D eigenvalue weighted by atomic mass is 10.3. The van der Waals surface area contributed by atoms with Crippen LogP contribution < -0.4 is 0 Å². The number of rotatable bonds is 5. The lowest BCUT2D eigenvalue weighted by Crippen LogP contribution is -2.06. The van der Waals surface area contributed by atoms with Crippen molar-refractivity contribution >= 4 is 5.97 Å². The SMILES string of the molecule is CCOC(=O)CCc1nc(-c2ncccn2)n(C)n1. The number of carbonyl (C=O) groups is 1. The molecule has 100 valence electrons. The monoisotopic (exact) mass is 261 g/mol. The summed E-state index contributed by atoms with van der Waals surface area (Å²) in [4.78, 5) is 23.8. The molecule has 0 radical (unpaired) electrons. The Labute approximate surface area is 110 Å². The standard InChI is InChI=1S/C12H15N5O2/c1-3-19-10(18)6-5-9-15-12(17(2)16-9)11-13-7-4-8-14-11/h4,7-8H,3,5-6H2,1-2H3. The molecule has 7 heteroatoms. The van der Waals surface area contributed by atoms with Crippen LogP contribution in [0, 0.1) is 0 Å². The number of nitrogens with zero attached hydrogens (tertiary/aromatic N) is 5. The first kappa shape index (κ1) is 13.1. The van der Waals surface area contributed by atoms with Crippen molar-refractivity contribution in [2.45, 2.75) is 19.8 Å². The summed E-state index contributed by atoms with van der Waals surface area (Å²) in [6.07, 6.45) is 4.01. The largest absolute Gasteiger partial charge is 0.466 e. The highest BCUT2D eigenvalue weighted by molar-refractivity contribution is 5.69. The van der Waals surface area contributed by atoms with Gasteiger partial charge in [0.25, 0.3) is 0 Å². The van der Waals surface area contributed by atoms with Crippen molar-refractivity contribution in [1.82, 2.24) is 24.7 Å². The van der Waals surface area contributed by atoms with Crippen molar-refractivity contribution in [3.8, 4) is 11.6 Å². The Morgan fingerprint density at radius 1 is 1.37 bits per heavy atom. The second-order valence-corrected chi connectivity index (χ2v) is 3.85. The van der Waals surface area contributed by atoms with Crippen molar-refractivity contribution in [2.24, 2.45) is 7.05 Å². The van der Waals surface area contributed by atoms with Gasteiger partial charge >= 0.3 is 5.97 Å². The van der Waals surface area contributed by atoms with Gasteiger partial charge in [-0.1, -0.05) is 0 Å². The van der Waals surface area contributed by atoms with E-state index >= 15 is 0 Å². The van der Waals surface area contributed by atoms with Gasteiger partial charge in [0.1, 0.15) is 0 Å². The van der Waals surface area contributed by atoms with Crippen LogP contribution in [-0.2, 0) is 23.0 Å². The number of aromatic nitrogens is 5. The average molecular weight is 261 g/mol. The summed E-state index contributed by atoms with van der Waals surface area (Å²) in [6.45, 7) is 2.17. The van der Waals surface area contributed by atoms with Gasteiger partial charge < -0.3 is 4.74 Å². The Morgan fingerprint density at radius 2 is 2.11 bits per heavy atom. The Bertz CT molecular complexity index is 553. The first-order valence-electron chi connectivity index (χ1n) is 6.03. The molecule has 0 N–H and O–H groups in total. The highest BCUT2D eigenvalue weighted by atomic mass is 16.5. The maximum Gasteiger partial charge on any atom is 0.306 e. The molecule has 19 heavy (non-hydrogen) atoms. The molecule has 0 unspecified atom stereocenters. The quantitative estimate of drug-likeness (QED) is 0.739. The van der Waals surface area contributed by atoms with Crippen molar-refractivity contribution in [2.75, 3.05) is 6.61 Å². The third kappa shape index (κ3) is 3.34. The van der Waals surface area contributed by atoms with Crippen LogP contribution in [0.15, 0.2) is 18.5 Å². The van der Waals surface area contributed by atoms with E-state index in [9.17, 15) is 4.79 Å². The molecule has 2 rings (SSSR count). The average Bonchev–Trinajstić information content (AvgIpc) is 2.79. The molecule has 2 heterocycles. The fourth-order valence-corrected chi connectivity index (χ4v) is 1.60. The lowest BCUT2D eigenvalue weighted by Gasteiger charge is -1.98. The molecule has 0 aromatic carbocycles.